The van der Waals surface area contributed by atoms with Gasteiger partial charge in [0.2, 0.25) is 0 Å². The first-order valence-corrected chi connectivity index (χ1v) is 8.35. The van der Waals surface area contributed by atoms with Crippen LogP contribution < -0.4 is 0 Å². The van der Waals surface area contributed by atoms with Crippen LogP contribution in [0.25, 0.3) is 0 Å². The summed E-state index contributed by atoms with van der Waals surface area (Å²) in [5.41, 5.74) is 2.30. The van der Waals surface area contributed by atoms with E-state index in [0.717, 1.165) is 6.42 Å². The molecule has 106 valence electrons. The second kappa shape index (κ2) is 9.04. The summed E-state index contributed by atoms with van der Waals surface area (Å²) >= 11 is 0. The SMILES string of the molecule is C=C[SiH2]C(OCC)(OCC)OCCc1ccccc1. The van der Waals surface area contributed by atoms with E-state index in [9.17, 15) is 0 Å². The van der Waals surface area contributed by atoms with Crippen molar-refractivity contribution in [1.29, 1.82) is 0 Å². The molecule has 0 N–H and O–H groups in total. The summed E-state index contributed by atoms with van der Waals surface area (Å²) in [5, 5.41) is 0. The van der Waals surface area contributed by atoms with Gasteiger partial charge in [0.05, 0.1) is 6.61 Å². The Morgan fingerprint density at radius 3 is 2.26 bits per heavy atom. The molecule has 0 atom stereocenters. The van der Waals surface area contributed by atoms with Crippen molar-refractivity contribution in [3.8, 4) is 0 Å². The van der Waals surface area contributed by atoms with Crippen molar-refractivity contribution in [2.75, 3.05) is 19.8 Å². The topological polar surface area (TPSA) is 27.7 Å². The molecule has 1 aromatic carbocycles. The molecule has 0 unspecified atom stereocenters. The second-order valence-corrected chi connectivity index (χ2v) is 5.98. The fourth-order valence-corrected chi connectivity index (χ4v) is 3.15. The zero-order chi connectivity index (χ0) is 14.0. The maximum absolute atomic E-state index is 5.90. The van der Waals surface area contributed by atoms with Crippen LogP contribution in [-0.4, -0.2) is 34.9 Å². The Bertz CT molecular complexity index is 348. The van der Waals surface area contributed by atoms with E-state index in [-0.39, 0.29) is 0 Å². The predicted octanol–water partition coefficient (Wildman–Crippen LogP) is 2.24. The lowest BCUT2D eigenvalue weighted by Crippen LogP contribution is -2.45. The van der Waals surface area contributed by atoms with Crippen molar-refractivity contribution < 1.29 is 14.2 Å². The third kappa shape index (κ3) is 5.70. The monoisotopic (exact) mass is 280 g/mol. The van der Waals surface area contributed by atoms with Crippen LogP contribution in [0.5, 0.6) is 0 Å². The number of rotatable bonds is 10. The molecule has 0 aliphatic rings. The molecule has 1 rings (SSSR count). The molecule has 4 heteroatoms. The van der Waals surface area contributed by atoms with Crippen LogP contribution in [0.4, 0.5) is 0 Å². The van der Waals surface area contributed by atoms with Gasteiger partial charge >= 0.3 is 0 Å². The predicted molar refractivity (Wildman–Crippen MR) is 80.8 cm³/mol. The van der Waals surface area contributed by atoms with E-state index in [1.165, 1.54) is 5.56 Å². The van der Waals surface area contributed by atoms with Gasteiger partial charge in [-0.15, -0.1) is 12.3 Å². The molecule has 0 aromatic heterocycles. The van der Waals surface area contributed by atoms with Gasteiger partial charge in [0, 0.05) is 13.2 Å². The van der Waals surface area contributed by atoms with E-state index in [0.29, 0.717) is 19.8 Å². The van der Waals surface area contributed by atoms with Crippen molar-refractivity contribution >= 4 is 9.52 Å². The van der Waals surface area contributed by atoms with Crippen LogP contribution in [-0.2, 0) is 20.6 Å². The van der Waals surface area contributed by atoms with Crippen LogP contribution in [0.2, 0.25) is 0 Å². The van der Waals surface area contributed by atoms with E-state index < -0.39 is 15.1 Å². The van der Waals surface area contributed by atoms with Gasteiger partial charge in [-0.3, -0.25) is 0 Å². The highest BCUT2D eigenvalue weighted by Gasteiger charge is 2.31. The Balaban J connectivity index is 2.53. The largest absolute Gasteiger partial charge is 0.332 e. The van der Waals surface area contributed by atoms with Crippen molar-refractivity contribution in [3.63, 3.8) is 0 Å². The van der Waals surface area contributed by atoms with Crippen molar-refractivity contribution in [1.82, 2.24) is 0 Å². The van der Waals surface area contributed by atoms with E-state index in [2.05, 4.69) is 18.7 Å². The number of hydrogen-bond acceptors (Lipinski definition) is 3. The maximum atomic E-state index is 5.90. The molecule has 1 aromatic rings. The minimum atomic E-state index is -0.847. The Hall–Kier alpha value is -0.943. The van der Waals surface area contributed by atoms with Gasteiger partial charge in [0.25, 0.3) is 5.60 Å². The molecule has 0 fully saturated rings. The molecular weight excluding hydrogens is 256 g/mol. The van der Waals surface area contributed by atoms with Crippen LogP contribution >= 0.6 is 0 Å². The molecular formula is C15H24O3Si. The van der Waals surface area contributed by atoms with E-state index >= 15 is 0 Å². The van der Waals surface area contributed by atoms with E-state index in [1.54, 1.807) is 0 Å². The summed E-state index contributed by atoms with van der Waals surface area (Å²) in [6.45, 7) is 9.44. The quantitative estimate of drug-likeness (QED) is 0.486. The minimum absolute atomic E-state index is 0.576. The summed E-state index contributed by atoms with van der Waals surface area (Å²) < 4.78 is 17.3. The van der Waals surface area contributed by atoms with Crippen molar-refractivity contribution in [2.45, 2.75) is 25.9 Å². The molecule has 0 heterocycles. The van der Waals surface area contributed by atoms with Gasteiger partial charge < -0.3 is 14.2 Å². The van der Waals surface area contributed by atoms with Gasteiger partial charge in [0.15, 0.2) is 9.52 Å². The van der Waals surface area contributed by atoms with Gasteiger partial charge in [0.1, 0.15) is 0 Å². The van der Waals surface area contributed by atoms with Crippen LogP contribution in [0.15, 0.2) is 42.6 Å². The molecule has 0 radical (unpaired) electrons. The number of benzene rings is 1. The standard InChI is InChI=1S/C15H24O3Si/c1-4-16-15(17-5-2,19-6-3)18-13-12-14-10-8-7-9-11-14/h6-11H,3-5,12-13,19H2,1-2H3. The Morgan fingerprint density at radius 2 is 1.74 bits per heavy atom. The first-order chi connectivity index (χ1) is 9.26. The van der Waals surface area contributed by atoms with Gasteiger partial charge in [-0.2, -0.15) is 0 Å². The summed E-state index contributed by atoms with van der Waals surface area (Å²) in [6, 6.07) is 10.3. The highest BCUT2D eigenvalue weighted by atomic mass is 28.2. The van der Waals surface area contributed by atoms with E-state index in [1.807, 2.05) is 37.7 Å². The van der Waals surface area contributed by atoms with Crippen LogP contribution in [0.3, 0.4) is 0 Å². The molecule has 0 spiro atoms. The van der Waals surface area contributed by atoms with E-state index in [4.69, 9.17) is 14.2 Å². The molecule has 3 nitrogen and oxygen atoms in total. The highest BCUT2D eigenvalue weighted by molar-refractivity contribution is 6.44. The third-order valence-corrected chi connectivity index (χ3v) is 4.08. The van der Waals surface area contributed by atoms with Gasteiger partial charge in [-0.05, 0) is 25.8 Å². The zero-order valence-corrected chi connectivity index (χ0v) is 13.3. The summed E-state index contributed by atoms with van der Waals surface area (Å²) in [5.74, 6) is 0. The first kappa shape index (κ1) is 16.1. The number of hydrogen-bond donors (Lipinski definition) is 0. The van der Waals surface area contributed by atoms with Crippen LogP contribution in [0.1, 0.15) is 19.4 Å². The molecule has 19 heavy (non-hydrogen) atoms. The van der Waals surface area contributed by atoms with Crippen molar-refractivity contribution in [2.24, 2.45) is 0 Å². The lowest BCUT2D eigenvalue weighted by Gasteiger charge is -2.32. The fourth-order valence-electron chi connectivity index (χ4n) is 1.89. The first-order valence-electron chi connectivity index (χ1n) is 6.83. The Kier molecular flexibility index (Phi) is 7.67. The molecule has 0 saturated heterocycles. The molecule has 0 saturated carbocycles. The molecule has 0 amide bonds. The lowest BCUT2D eigenvalue weighted by molar-refractivity contribution is -0.323. The number of ether oxygens (including phenoxy) is 3. The highest BCUT2D eigenvalue weighted by Crippen LogP contribution is 2.15. The lowest BCUT2D eigenvalue weighted by atomic mass is 10.2. The van der Waals surface area contributed by atoms with Crippen molar-refractivity contribution in [3.05, 3.63) is 48.2 Å². The summed E-state index contributed by atoms with van der Waals surface area (Å²) in [4.78, 5) is 0. The smallest absolute Gasteiger partial charge is 0.253 e. The molecule has 0 bridgehead atoms. The average molecular weight is 280 g/mol. The summed E-state index contributed by atoms with van der Waals surface area (Å²) in [6.07, 6.45) is 0.855. The third-order valence-electron chi connectivity index (χ3n) is 2.68. The Labute approximate surface area is 118 Å². The summed E-state index contributed by atoms with van der Waals surface area (Å²) in [7, 11) is -0.796. The zero-order valence-electron chi connectivity index (χ0n) is 11.9. The normalized spacial score (nSPS) is 12.1. The maximum Gasteiger partial charge on any atom is 0.253 e. The van der Waals surface area contributed by atoms with Crippen LogP contribution in [0, 0.1) is 0 Å². The Morgan fingerprint density at radius 1 is 1.11 bits per heavy atom. The minimum Gasteiger partial charge on any atom is -0.332 e. The van der Waals surface area contributed by atoms with Gasteiger partial charge in [-0.1, -0.05) is 30.3 Å². The second-order valence-electron chi connectivity index (χ2n) is 4.13. The molecule has 0 aliphatic heterocycles. The fraction of sp³-hybridized carbons (Fsp3) is 0.467. The molecule has 0 aliphatic carbocycles. The average Bonchev–Trinajstić information content (AvgIpc) is 2.41. The van der Waals surface area contributed by atoms with Gasteiger partial charge in [-0.25, -0.2) is 0 Å².